The largest absolute Gasteiger partial charge is 0.422 e. The van der Waals surface area contributed by atoms with Gasteiger partial charge in [-0.15, -0.1) is 0 Å². The van der Waals surface area contributed by atoms with Gasteiger partial charge in [0.05, 0.1) is 0 Å². The molecule has 0 heterocycles. The summed E-state index contributed by atoms with van der Waals surface area (Å²) in [4.78, 5) is 11.3. The monoisotopic (exact) mass is 226 g/mol. The van der Waals surface area contributed by atoms with Gasteiger partial charge in [0.1, 0.15) is 5.75 Å². The first-order valence-corrected chi connectivity index (χ1v) is 5.46. The van der Waals surface area contributed by atoms with E-state index in [2.05, 4.69) is 6.58 Å². The normalized spacial score (nSPS) is 10.2. The van der Waals surface area contributed by atoms with E-state index in [9.17, 15) is 4.79 Å². The maximum atomic E-state index is 11.3. The van der Waals surface area contributed by atoms with Gasteiger partial charge in [-0.25, -0.2) is 4.79 Å². The summed E-state index contributed by atoms with van der Waals surface area (Å²) in [7, 11) is 0. The standard InChI is InChI=1S/C15H14O2/c1-4-14(16)17-15-11(3)6-8-12-7-5-10(2)9-13(12)15/h4-9H,1H2,2-3H3. The van der Waals surface area contributed by atoms with Gasteiger partial charge in [0.15, 0.2) is 0 Å². The fraction of sp³-hybridized carbons (Fsp3) is 0.133. The third-order valence-electron chi connectivity index (χ3n) is 2.69. The number of hydrogen-bond donors (Lipinski definition) is 0. The Kier molecular flexibility index (Phi) is 2.96. The summed E-state index contributed by atoms with van der Waals surface area (Å²) >= 11 is 0. The predicted octanol–water partition coefficient (Wildman–Crippen LogP) is 3.55. The molecule has 0 bridgehead atoms. The molecule has 2 nitrogen and oxygen atoms in total. The maximum Gasteiger partial charge on any atom is 0.335 e. The van der Waals surface area contributed by atoms with Crippen LogP contribution in [0.25, 0.3) is 10.8 Å². The highest BCUT2D eigenvalue weighted by atomic mass is 16.5. The van der Waals surface area contributed by atoms with Crippen molar-refractivity contribution in [2.24, 2.45) is 0 Å². The zero-order valence-corrected chi connectivity index (χ0v) is 9.99. The molecule has 0 fully saturated rings. The third kappa shape index (κ3) is 2.21. The van der Waals surface area contributed by atoms with E-state index in [0.29, 0.717) is 5.75 Å². The first kappa shape index (κ1) is 11.4. The molecule has 0 aliphatic rings. The van der Waals surface area contributed by atoms with Crippen LogP contribution in [-0.4, -0.2) is 5.97 Å². The molecule has 2 aromatic rings. The van der Waals surface area contributed by atoms with E-state index in [4.69, 9.17) is 4.74 Å². The summed E-state index contributed by atoms with van der Waals surface area (Å²) in [6, 6.07) is 10.1. The molecule has 0 spiro atoms. The lowest BCUT2D eigenvalue weighted by Crippen LogP contribution is -2.04. The number of fused-ring (bicyclic) bond motifs is 1. The summed E-state index contributed by atoms with van der Waals surface area (Å²) in [6.07, 6.45) is 1.17. The number of aryl methyl sites for hydroxylation is 2. The number of esters is 1. The van der Waals surface area contributed by atoms with Crippen LogP contribution in [0.15, 0.2) is 43.0 Å². The Morgan fingerprint density at radius 1 is 1.24 bits per heavy atom. The molecule has 2 heteroatoms. The zero-order chi connectivity index (χ0) is 12.4. The highest BCUT2D eigenvalue weighted by molar-refractivity contribution is 5.93. The van der Waals surface area contributed by atoms with Crippen LogP contribution in [0.3, 0.4) is 0 Å². The lowest BCUT2D eigenvalue weighted by Gasteiger charge is -2.10. The molecule has 86 valence electrons. The Labute approximate surface area is 101 Å². The van der Waals surface area contributed by atoms with Gasteiger partial charge in [-0.1, -0.05) is 36.4 Å². The highest BCUT2D eigenvalue weighted by Gasteiger charge is 2.09. The molecule has 0 N–H and O–H groups in total. The molecule has 0 aliphatic heterocycles. The second kappa shape index (κ2) is 4.42. The number of benzene rings is 2. The van der Waals surface area contributed by atoms with E-state index in [1.807, 2.05) is 44.2 Å². The topological polar surface area (TPSA) is 26.3 Å². The molecular weight excluding hydrogens is 212 g/mol. The first-order chi connectivity index (χ1) is 8.11. The molecule has 0 aromatic heterocycles. The minimum Gasteiger partial charge on any atom is -0.422 e. The lowest BCUT2D eigenvalue weighted by atomic mass is 10.0. The van der Waals surface area contributed by atoms with Gasteiger partial charge in [0.2, 0.25) is 0 Å². The van der Waals surface area contributed by atoms with Crippen molar-refractivity contribution in [1.29, 1.82) is 0 Å². The fourth-order valence-electron chi connectivity index (χ4n) is 1.79. The Morgan fingerprint density at radius 3 is 2.65 bits per heavy atom. The second-order valence-electron chi connectivity index (χ2n) is 4.06. The number of hydrogen-bond acceptors (Lipinski definition) is 2. The van der Waals surface area contributed by atoms with Crippen molar-refractivity contribution < 1.29 is 9.53 Å². The van der Waals surface area contributed by atoms with Gasteiger partial charge in [0, 0.05) is 11.5 Å². The number of ether oxygens (including phenoxy) is 1. The van der Waals surface area contributed by atoms with E-state index in [1.165, 1.54) is 6.08 Å². The quantitative estimate of drug-likeness (QED) is 0.444. The molecule has 0 unspecified atom stereocenters. The zero-order valence-electron chi connectivity index (χ0n) is 9.99. The van der Waals surface area contributed by atoms with Crippen molar-refractivity contribution in [3.05, 3.63) is 54.1 Å². The van der Waals surface area contributed by atoms with Gasteiger partial charge in [-0.2, -0.15) is 0 Å². The van der Waals surface area contributed by atoms with Crippen molar-refractivity contribution in [2.75, 3.05) is 0 Å². The fourth-order valence-corrected chi connectivity index (χ4v) is 1.79. The molecule has 0 saturated carbocycles. The average molecular weight is 226 g/mol. The van der Waals surface area contributed by atoms with Crippen molar-refractivity contribution in [3.63, 3.8) is 0 Å². The number of carbonyl (C=O) groups excluding carboxylic acids is 1. The van der Waals surface area contributed by atoms with Crippen molar-refractivity contribution in [1.82, 2.24) is 0 Å². The van der Waals surface area contributed by atoms with Crippen LogP contribution >= 0.6 is 0 Å². The van der Waals surface area contributed by atoms with E-state index in [1.54, 1.807) is 0 Å². The van der Waals surface area contributed by atoms with Crippen molar-refractivity contribution in [3.8, 4) is 5.75 Å². The molecule has 0 radical (unpaired) electrons. The molecule has 0 saturated heterocycles. The molecule has 0 aliphatic carbocycles. The maximum absolute atomic E-state index is 11.3. The van der Waals surface area contributed by atoms with Crippen LogP contribution in [0, 0.1) is 13.8 Å². The Hall–Kier alpha value is -2.09. The van der Waals surface area contributed by atoms with Gasteiger partial charge < -0.3 is 4.74 Å². The summed E-state index contributed by atoms with van der Waals surface area (Å²) in [5, 5.41) is 2.02. The Morgan fingerprint density at radius 2 is 1.94 bits per heavy atom. The summed E-state index contributed by atoms with van der Waals surface area (Å²) in [5.74, 6) is 0.193. The highest BCUT2D eigenvalue weighted by Crippen LogP contribution is 2.30. The van der Waals surface area contributed by atoms with Crippen LogP contribution in [-0.2, 0) is 4.79 Å². The van der Waals surface area contributed by atoms with E-state index in [-0.39, 0.29) is 0 Å². The van der Waals surface area contributed by atoms with Crippen LogP contribution in [0.1, 0.15) is 11.1 Å². The number of carbonyl (C=O) groups is 1. The molecule has 17 heavy (non-hydrogen) atoms. The van der Waals surface area contributed by atoms with E-state index >= 15 is 0 Å². The van der Waals surface area contributed by atoms with Crippen molar-refractivity contribution in [2.45, 2.75) is 13.8 Å². The molecule has 2 aromatic carbocycles. The van der Waals surface area contributed by atoms with Gasteiger partial charge in [0.25, 0.3) is 0 Å². The lowest BCUT2D eigenvalue weighted by molar-refractivity contribution is -0.128. The van der Waals surface area contributed by atoms with Gasteiger partial charge in [-0.05, 0) is 30.9 Å². The average Bonchev–Trinajstić information content (AvgIpc) is 2.32. The van der Waals surface area contributed by atoms with Crippen LogP contribution in [0.5, 0.6) is 5.75 Å². The molecule has 2 rings (SSSR count). The molecule has 0 amide bonds. The van der Waals surface area contributed by atoms with Crippen molar-refractivity contribution >= 4 is 16.7 Å². The summed E-state index contributed by atoms with van der Waals surface area (Å²) in [6.45, 7) is 7.35. The van der Waals surface area contributed by atoms with Crippen LogP contribution < -0.4 is 4.74 Å². The third-order valence-corrected chi connectivity index (χ3v) is 2.69. The predicted molar refractivity (Wildman–Crippen MR) is 69.3 cm³/mol. The van der Waals surface area contributed by atoms with E-state index < -0.39 is 5.97 Å². The van der Waals surface area contributed by atoms with Gasteiger partial charge >= 0.3 is 5.97 Å². The Balaban J connectivity index is 2.65. The minimum atomic E-state index is -0.429. The van der Waals surface area contributed by atoms with Gasteiger partial charge in [-0.3, -0.25) is 0 Å². The summed E-state index contributed by atoms with van der Waals surface area (Å²) in [5.41, 5.74) is 2.08. The van der Waals surface area contributed by atoms with Crippen LogP contribution in [0.2, 0.25) is 0 Å². The molecule has 0 atom stereocenters. The van der Waals surface area contributed by atoms with E-state index in [0.717, 1.165) is 21.9 Å². The first-order valence-electron chi connectivity index (χ1n) is 5.46. The smallest absolute Gasteiger partial charge is 0.335 e. The minimum absolute atomic E-state index is 0.429. The molecular formula is C15H14O2. The Bertz CT molecular complexity index is 592. The number of rotatable bonds is 2. The second-order valence-corrected chi connectivity index (χ2v) is 4.06. The SMILES string of the molecule is C=CC(=O)Oc1c(C)ccc2ccc(C)cc12. The van der Waals surface area contributed by atoms with Crippen LogP contribution in [0.4, 0.5) is 0 Å². The summed E-state index contributed by atoms with van der Waals surface area (Å²) < 4.78 is 5.31.